The van der Waals surface area contributed by atoms with Crippen molar-refractivity contribution in [2.24, 2.45) is 7.05 Å². The van der Waals surface area contributed by atoms with E-state index in [1.165, 1.54) is 0 Å². The van der Waals surface area contributed by atoms with E-state index in [0.717, 1.165) is 11.1 Å². The van der Waals surface area contributed by atoms with Gasteiger partial charge in [-0.25, -0.2) is 0 Å². The topological polar surface area (TPSA) is 60.9 Å². The third-order valence-electron chi connectivity index (χ3n) is 3.84. The number of rotatable bonds is 2. The predicted molar refractivity (Wildman–Crippen MR) is 92.9 cm³/mol. The van der Waals surface area contributed by atoms with Crippen LogP contribution in [-0.2, 0) is 7.05 Å². The van der Waals surface area contributed by atoms with Gasteiger partial charge in [0.1, 0.15) is 5.56 Å². The molecule has 24 heavy (non-hydrogen) atoms. The summed E-state index contributed by atoms with van der Waals surface area (Å²) in [7, 11) is 1.87. The zero-order chi connectivity index (χ0) is 16.7. The summed E-state index contributed by atoms with van der Waals surface area (Å²) in [5.41, 5.74) is 1.82. The first-order valence-corrected chi connectivity index (χ1v) is 7.70. The fraction of sp³-hybridized carbons (Fsp3) is 0.0556. The number of benzene rings is 2. The summed E-state index contributed by atoms with van der Waals surface area (Å²) in [4.78, 5) is 17.1. The standard InChI is InChI=1S/C18H12ClN3O2/c1-22-10-14(16(23)13-7-2-3-8-15(13)22)18-20-17(21-24-18)11-5-4-6-12(19)9-11/h2-10H,1H3. The molecular formula is C18H12ClN3O2. The minimum absolute atomic E-state index is 0.134. The third-order valence-corrected chi connectivity index (χ3v) is 4.07. The van der Waals surface area contributed by atoms with Crippen LogP contribution in [0.3, 0.4) is 0 Å². The van der Waals surface area contributed by atoms with Gasteiger partial charge in [0.05, 0.1) is 5.52 Å². The van der Waals surface area contributed by atoms with Crippen molar-refractivity contribution in [2.75, 3.05) is 0 Å². The molecule has 2 aromatic carbocycles. The summed E-state index contributed by atoms with van der Waals surface area (Å²) in [6.45, 7) is 0. The van der Waals surface area contributed by atoms with Crippen molar-refractivity contribution >= 4 is 22.5 Å². The first-order chi connectivity index (χ1) is 11.6. The Kier molecular flexibility index (Phi) is 3.43. The molecule has 0 atom stereocenters. The number of hydrogen-bond donors (Lipinski definition) is 0. The lowest BCUT2D eigenvalue weighted by Crippen LogP contribution is -2.10. The second-order valence-corrected chi connectivity index (χ2v) is 5.87. The predicted octanol–water partition coefficient (Wildman–Crippen LogP) is 3.91. The van der Waals surface area contributed by atoms with Gasteiger partial charge in [0, 0.05) is 29.2 Å². The number of nitrogens with zero attached hydrogens (tertiary/aromatic N) is 3. The molecule has 0 radical (unpaired) electrons. The highest BCUT2D eigenvalue weighted by molar-refractivity contribution is 6.30. The molecule has 2 aromatic heterocycles. The minimum Gasteiger partial charge on any atom is -0.350 e. The molecule has 0 bridgehead atoms. The van der Waals surface area contributed by atoms with E-state index in [2.05, 4.69) is 10.1 Å². The van der Waals surface area contributed by atoms with Gasteiger partial charge in [-0.05, 0) is 24.3 Å². The molecule has 0 fully saturated rings. The van der Waals surface area contributed by atoms with E-state index < -0.39 is 0 Å². The van der Waals surface area contributed by atoms with Crippen LogP contribution in [-0.4, -0.2) is 14.7 Å². The Morgan fingerprint density at radius 2 is 1.96 bits per heavy atom. The first-order valence-electron chi connectivity index (χ1n) is 7.32. The number of hydrogen-bond acceptors (Lipinski definition) is 4. The number of halogens is 1. The third kappa shape index (κ3) is 2.39. The average molecular weight is 338 g/mol. The van der Waals surface area contributed by atoms with Crippen LogP contribution < -0.4 is 5.43 Å². The number of aromatic nitrogens is 3. The van der Waals surface area contributed by atoms with Crippen LogP contribution in [0.1, 0.15) is 0 Å². The quantitative estimate of drug-likeness (QED) is 0.556. The molecule has 0 saturated heterocycles. The van der Waals surface area contributed by atoms with Crippen LogP contribution in [0.5, 0.6) is 0 Å². The Balaban J connectivity index is 1.87. The molecule has 0 N–H and O–H groups in total. The van der Waals surface area contributed by atoms with Gasteiger partial charge in [-0.2, -0.15) is 4.98 Å². The minimum atomic E-state index is -0.134. The summed E-state index contributed by atoms with van der Waals surface area (Å²) in [6.07, 6.45) is 1.71. The summed E-state index contributed by atoms with van der Waals surface area (Å²) >= 11 is 5.99. The van der Waals surface area contributed by atoms with Crippen molar-refractivity contribution < 1.29 is 4.52 Å². The Morgan fingerprint density at radius 1 is 1.12 bits per heavy atom. The summed E-state index contributed by atoms with van der Waals surface area (Å²) < 4.78 is 7.18. The van der Waals surface area contributed by atoms with E-state index in [1.54, 1.807) is 24.4 Å². The molecule has 4 rings (SSSR count). The van der Waals surface area contributed by atoms with Gasteiger partial charge in [-0.1, -0.05) is 41.0 Å². The van der Waals surface area contributed by atoms with Gasteiger partial charge in [-0.15, -0.1) is 0 Å². The molecule has 0 aliphatic heterocycles. The van der Waals surface area contributed by atoms with Gasteiger partial charge in [0.15, 0.2) is 0 Å². The average Bonchev–Trinajstić information content (AvgIpc) is 3.08. The van der Waals surface area contributed by atoms with Gasteiger partial charge >= 0.3 is 0 Å². The maximum atomic E-state index is 12.7. The molecule has 4 aromatic rings. The smallest absolute Gasteiger partial charge is 0.263 e. The second-order valence-electron chi connectivity index (χ2n) is 5.43. The Hall–Kier alpha value is -2.92. The molecule has 0 unspecified atom stereocenters. The number of para-hydroxylation sites is 1. The van der Waals surface area contributed by atoms with Crippen LogP contribution in [0, 0.1) is 0 Å². The van der Waals surface area contributed by atoms with Crippen molar-refractivity contribution in [1.82, 2.24) is 14.7 Å². The highest BCUT2D eigenvalue weighted by Gasteiger charge is 2.16. The van der Waals surface area contributed by atoms with Crippen LogP contribution in [0.15, 0.2) is 64.0 Å². The molecule has 0 spiro atoms. The fourth-order valence-corrected chi connectivity index (χ4v) is 2.86. The number of pyridine rings is 1. The van der Waals surface area contributed by atoms with E-state index in [0.29, 0.717) is 21.8 Å². The Bertz CT molecular complexity index is 1110. The summed E-state index contributed by atoms with van der Waals surface area (Å²) in [5.74, 6) is 0.582. The molecule has 6 heteroatoms. The molecule has 5 nitrogen and oxygen atoms in total. The monoisotopic (exact) mass is 337 g/mol. The van der Waals surface area contributed by atoms with Crippen molar-refractivity contribution in [2.45, 2.75) is 0 Å². The maximum absolute atomic E-state index is 12.7. The summed E-state index contributed by atoms with van der Waals surface area (Å²) in [5, 5.41) is 5.16. The maximum Gasteiger partial charge on any atom is 0.263 e. The van der Waals surface area contributed by atoms with E-state index in [4.69, 9.17) is 16.1 Å². The lowest BCUT2D eigenvalue weighted by molar-refractivity contribution is 0.432. The second kappa shape index (κ2) is 5.62. The van der Waals surface area contributed by atoms with Gasteiger partial charge in [0.2, 0.25) is 11.3 Å². The number of fused-ring (bicyclic) bond motifs is 1. The van der Waals surface area contributed by atoms with Crippen molar-refractivity contribution in [3.8, 4) is 22.8 Å². The van der Waals surface area contributed by atoms with E-state index in [9.17, 15) is 4.79 Å². The molecule has 0 aliphatic carbocycles. The van der Waals surface area contributed by atoms with Crippen molar-refractivity contribution in [1.29, 1.82) is 0 Å². The van der Waals surface area contributed by atoms with Crippen molar-refractivity contribution in [3.63, 3.8) is 0 Å². The van der Waals surface area contributed by atoms with Gasteiger partial charge < -0.3 is 9.09 Å². The first kappa shape index (κ1) is 14.7. The highest BCUT2D eigenvalue weighted by atomic mass is 35.5. The largest absolute Gasteiger partial charge is 0.350 e. The lowest BCUT2D eigenvalue weighted by Gasteiger charge is -2.06. The zero-order valence-electron chi connectivity index (χ0n) is 12.7. The van der Waals surface area contributed by atoms with Crippen LogP contribution in [0.2, 0.25) is 5.02 Å². The van der Waals surface area contributed by atoms with Crippen LogP contribution >= 0.6 is 11.6 Å². The summed E-state index contributed by atoms with van der Waals surface area (Å²) in [6, 6.07) is 14.6. The van der Waals surface area contributed by atoms with Crippen molar-refractivity contribution in [3.05, 3.63) is 70.0 Å². The van der Waals surface area contributed by atoms with Gasteiger partial charge in [-0.3, -0.25) is 4.79 Å². The van der Waals surface area contributed by atoms with Crippen LogP contribution in [0.4, 0.5) is 0 Å². The zero-order valence-corrected chi connectivity index (χ0v) is 13.5. The lowest BCUT2D eigenvalue weighted by atomic mass is 10.1. The fourth-order valence-electron chi connectivity index (χ4n) is 2.67. The molecule has 0 amide bonds. The molecule has 118 valence electrons. The van der Waals surface area contributed by atoms with E-state index in [-0.39, 0.29) is 11.3 Å². The molecule has 0 saturated carbocycles. The van der Waals surface area contributed by atoms with Gasteiger partial charge in [0.25, 0.3) is 5.89 Å². The Morgan fingerprint density at radius 3 is 2.79 bits per heavy atom. The van der Waals surface area contributed by atoms with Crippen LogP contribution in [0.25, 0.3) is 33.7 Å². The highest BCUT2D eigenvalue weighted by Crippen LogP contribution is 2.23. The van der Waals surface area contributed by atoms with E-state index >= 15 is 0 Å². The van der Waals surface area contributed by atoms with E-state index in [1.807, 2.05) is 41.9 Å². The molecule has 0 aliphatic rings. The normalized spacial score (nSPS) is 11.1. The number of aryl methyl sites for hydroxylation is 1. The molecular weight excluding hydrogens is 326 g/mol. The Labute approximate surface area is 142 Å². The SMILES string of the molecule is Cn1cc(-c2nc(-c3cccc(Cl)c3)no2)c(=O)c2ccccc21. The molecule has 2 heterocycles.